The van der Waals surface area contributed by atoms with Crippen LogP contribution in [0.1, 0.15) is 10.4 Å². The fraction of sp³-hybridized carbons (Fsp3) is 0.118. The largest absolute Gasteiger partial charge is 0.363 e. The molecule has 0 aliphatic rings. The maximum absolute atomic E-state index is 13.8. The van der Waals surface area contributed by atoms with Crippen LogP contribution in [0.4, 0.5) is 19.7 Å². The van der Waals surface area contributed by atoms with Gasteiger partial charge in [0.05, 0.1) is 11.3 Å². The molecule has 2 aromatic heterocycles. The number of anilines is 2. The Labute approximate surface area is 147 Å². The molecule has 0 unspecified atom stereocenters. The summed E-state index contributed by atoms with van der Waals surface area (Å²) in [6, 6.07) is 6.53. The highest BCUT2D eigenvalue weighted by Crippen LogP contribution is 2.27. The summed E-state index contributed by atoms with van der Waals surface area (Å²) in [5.74, 6) is -0.775. The Bertz CT molecular complexity index is 909. The average molecular weight is 360 g/mol. The van der Waals surface area contributed by atoms with Crippen LogP contribution >= 0.6 is 11.3 Å². The van der Waals surface area contributed by atoms with Crippen molar-refractivity contribution in [1.82, 2.24) is 9.97 Å². The van der Waals surface area contributed by atoms with Crippen molar-refractivity contribution in [3.8, 4) is 11.3 Å². The summed E-state index contributed by atoms with van der Waals surface area (Å²) in [5, 5.41) is 4.48. The topological polar surface area (TPSA) is 58.1 Å². The molecule has 1 aromatic carbocycles. The number of carbonyl (C=O) groups is 1. The molecule has 8 heteroatoms. The molecule has 0 spiro atoms. The number of halogens is 2. The third-order valence-electron chi connectivity index (χ3n) is 3.40. The number of nitrogens with one attached hydrogen (secondary N) is 1. The summed E-state index contributed by atoms with van der Waals surface area (Å²) in [6.45, 7) is 0. The Kier molecular flexibility index (Phi) is 4.71. The Morgan fingerprint density at radius 2 is 2.00 bits per heavy atom. The number of thiazole rings is 1. The number of hydrogen-bond acceptors (Lipinski definition) is 5. The summed E-state index contributed by atoms with van der Waals surface area (Å²) in [4.78, 5) is 22.4. The molecule has 0 aliphatic heterocycles. The maximum Gasteiger partial charge on any atom is 0.259 e. The highest BCUT2D eigenvalue weighted by Gasteiger charge is 2.13. The van der Waals surface area contributed by atoms with Gasteiger partial charge in [-0.2, -0.15) is 0 Å². The molecule has 5 nitrogen and oxygen atoms in total. The molecule has 0 atom stereocenters. The van der Waals surface area contributed by atoms with E-state index in [0.29, 0.717) is 10.7 Å². The van der Waals surface area contributed by atoms with Crippen molar-refractivity contribution < 1.29 is 13.6 Å². The quantitative estimate of drug-likeness (QED) is 0.769. The van der Waals surface area contributed by atoms with Crippen molar-refractivity contribution in [2.45, 2.75) is 0 Å². The number of hydrogen-bond donors (Lipinski definition) is 1. The molecule has 0 radical (unpaired) electrons. The molecule has 3 aromatic rings. The van der Waals surface area contributed by atoms with E-state index in [0.717, 1.165) is 35.4 Å². The monoisotopic (exact) mass is 360 g/mol. The van der Waals surface area contributed by atoms with Gasteiger partial charge in [0.2, 0.25) is 0 Å². The average Bonchev–Trinajstić information content (AvgIpc) is 3.05. The van der Waals surface area contributed by atoms with Gasteiger partial charge in [0.1, 0.15) is 17.5 Å². The van der Waals surface area contributed by atoms with Gasteiger partial charge >= 0.3 is 0 Å². The van der Waals surface area contributed by atoms with Crippen LogP contribution in [-0.4, -0.2) is 30.0 Å². The fourth-order valence-corrected chi connectivity index (χ4v) is 2.81. The molecule has 1 amide bonds. The Morgan fingerprint density at radius 1 is 1.20 bits per heavy atom. The number of pyridine rings is 1. The van der Waals surface area contributed by atoms with Crippen molar-refractivity contribution in [3.05, 3.63) is 59.1 Å². The first-order valence-corrected chi connectivity index (χ1v) is 8.17. The van der Waals surface area contributed by atoms with E-state index in [2.05, 4.69) is 15.3 Å². The lowest BCUT2D eigenvalue weighted by Crippen LogP contribution is -2.14. The van der Waals surface area contributed by atoms with Crippen molar-refractivity contribution in [2.75, 3.05) is 24.3 Å². The van der Waals surface area contributed by atoms with E-state index < -0.39 is 11.6 Å². The minimum Gasteiger partial charge on any atom is -0.363 e. The Balaban J connectivity index is 1.77. The molecule has 0 saturated carbocycles. The second-order valence-electron chi connectivity index (χ2n) is 5.42. The molecule has 128 valence electrons. The molecule has 0 fully saturated rings. The number of carbonyl (C=O) groups excluding carboxylic acids is 1. The van der Waals surface area contributed by atoms with Crippen LogP contribution in [0.15, 0.2) is 41.9 Å². The van der Waals surface area contributed by atoms with Crippen LogP contribution in [-0.2, 0) is 0 Å². The molecule has 25 heavy (non-hydrogen) atoms. The van der Waals surface area contributed by atoms with E-state index in [1.807, 2.05) is 19.0 Å². The summed E-state index contributed by atoms with van der Waals surface area (Å²) < 4.78 is 27.1. The number of benzene rings is 1. The van der Waals surface area contributed by atoms with Gasteiger partial charge in [-0.1, -0.05) is 0 Å². The molecule has 0 aliphatic carbocycles. The van der Waals surface area contributed by atoms with E-state index in [1.54, 1.807) is 17.5 Å². The minimum atomic E-state index is -0.576. The lowest BCUT2D eigenvalue weighted by Gasteiger charge is -2.10. The first kappa shape index (κ1) is 17.0. The normalized spacial score (nSPS) is 10.6. The van der Waals surface area contributed by atoms with Crippen molar-refractivity contribution in [3.63, 3.8) is 0 Å². The minimum absolute atomic E-state index is 0.0498. The van der Waals surface area contributed by atoms with Crippen LogP contribution in [0.25, 0.3) is 11.3 Å². The lowest BCUT2D eigenvalue weighted by molar-refractivity contribution is 0.102. The third-order valence-corrected chi connectivity index (χ3v) is 4.15. The van der Waals surface area contributed by atoms with E-state index in [9.17, 15) is 13.6 Å². The summed E-state index contributed by atoms with van der Waals surface area (Å²) >= 11 is 1.13. The van der Waals surface area contributed by atoms with Gasteiger partial charge in [0.15, 0.2) is 5.13 Å². The highest BCUT2D eigenvalue weighted by atomic mass is 32.1. The van der Waals surface area contributed by atoms with Crippen LogP contribution < -0.4 is 10.2 Å². The van der Waals surface area contributed by atoms with Crippen LogP contribution in [0, 0.1) is 11.6 Å². The second kappa shape index (κ2) is 6.94. The summed E-state index contributed by atoms with van der Waals surface area (Å²) in [7, 11) is 3.70. The zero-order chi connectivity index (χ0) is 18.0. The number of amides is 1. The van der Waals surface area contributed by atoms with Crippen LogP contribution in [0.3, 0.4) is 0 Å². The zero-order valence-corrected chi connectivity index (χ0v) is 14.3. The number of rotatable bonds is 4. The summed E-state index contributed by atoms with van der Waals surface area (Å²) in [6.07, 6.45) is 1.46. The maximum atomic E-state index is 13.8. The third kappa shape index (κ3) is 3.80. The predicted molar refractivity (Wildman–Crippen MR) is 94.0 cm³/mol. The van der Waals surface area contributed by atoms with Gasteiger partial charge in [0, 0.05) is 31.2 Å². The Hall–Kier alpha value is -2.87. The van der Waals surface area contributed by atoms with Crippen molar-refractivity contribution >= 4 is 28.2 Å². The summed E-state index contributed by atoms with van der Waals surface area (Å²) in [5.41, 5.74) is 0.686. The molecule has 3 rings (SSSR count). The standard InChI is InChI=1S/C17H14F2N4OS/c1-23(2)15-6-3-10(8-20-15)16(24)22-17-21-14(9-25-17)12-7-11(18)4-5-13(12)19/h3-9H,1-2H3,(H,21,22,24). The van der Waals surface area contributed by atoms with Crippen molar-refractivity contribution in [1.29, 1.82) is 0 Å². The van der Waals surface area contributed by atoms with Crippen molar-refractivity contribution in [2.24, 2.45) is 0 Å². The van der Waals surface area contributed by atoms with Crippen LogP contribution in [0.2, 0.25) is 0 Å². The van der Waals surface area contributed by atoms with Gasteiger partial charge in [0.25, 0.3) is 5.91 Å². The molecule has 1 N–H and O–H groups in total. The highest BCUT2D eigenvalue weighted by molar-refractivity contribution is 7.14. The van der Waals surface area contributed by atoms with Gasteiger partial charge in [-0.3, -0.25) is 10.1 Å². The van der Waals surface area contributed by atoms with E-state index in [-0.39, 0.29) is 17.2 Å². The Morgan fingerprint density at radius 3 is 2.68 bits per heavy atom. The molecule has 0 bridgehead atoms. The molecule has 0 saturated heterocycles. The van der Waals surface area contributed by atoms with Gasteiger partial charge < -0.3 is 4.90 Å². The molecular weight excluding hydrogens is 346 g/mol. The number of aromatic nitrogens is 2. The molecular formula is C17H14F2N4OS. The smallest absolute Gasteiger partial charge is 0.259 e. The first-order valence-electron chi connectivity index (χ1n) is 7.30. The van der Waals surface area contributed by atoms with Crippen LogP contribution in [0.5, 0.6) is 0 Å². The zero-order valence-electron chi connectivity index (χ0n) is 13.5. The lowest BCUT2D eigenvalue weighted by atomic mass is 10.1. The first-order chi connectivity index (χ1) is 11.9. The van der Waals surface area contributed by atoms with Gasteiger partial charge in [-0.15, -0.1) is 11.3 Å². The van der Waals surface area contributed by atoms with E-state index in [1.165, 1.54) is 6.20 Å². The van der Waals surface area contributed by atoms with E-state index in [4.69, 9.17) is 0 Å². The predicted octanol–water partition coefficient (Wildman–Crippen LogP) is 3.80. The number of nitrogens with zero attached hydrogens (tertiary/aromatic N) is 3. The second-order valence-corrected chi connectivity index (χ2v) is 6.27. The fourth-order valence-electron chi connectivity index (χ4n) is 2.10. The SMILES string of the molecule is CN(C)c1ccc(C(=O)Nc2nc(-c3cc(F)ccc3F)cs2)cn1. The van der Waals surface area contributed by atoms with Gasteiger partial charge in [-0.05, 0) is 30.3 Å². The molecule has 2 heterocycles. The van der Waals surface area contributed by atoms with Gasteiger partial charge in [-0.25, -0.2) is 18.7 Å². The van der Waals surface area contributed by atoms with E-state index >= 15 is 0 Å².